The summed E-state index contributed by atoms with van der Waals surface area (Å²) in [5, 5.41) is 0.595. The molecule has 1 N–H and O–H groups in total. The van der Waals surface area contributed by atoms with Crippen LogP contribution < -0.4 is 4.72 Å². The summed E-state index contributed by atoms with van der Waals surface area (Å²) in [6, 6.07) is 3.29. The smallest absolute Gasteiger partial charge is 0.208 e. The zero-order chi connectivity index (χ0) is 15.3. The number of hydrogen-bond acceptors (Lipinski definition) is 2. The summed E-state index contributed by atoms with van der Waals surface area (Å²) in [4.78, 5) is 0.321. The Hall–Kier alpha value is -0.580. The summed E-state index contributed by atoms with van der Waals surface area (Å²) < 4.78 is 27.6. The lowest BCUT2D eigenvalue weighted by Gasteiger charge is -2.16. The molecule has 0 aliphatic rings. The fourth-order valence-corrected chi connectivity index (χ4v) is 3.94. The maximum Gasteiger partial charge on any atom is 0.241 e. The first-order valence-corrected chi connectivity index (χ1v) is 8.93. The zero-order valence-electron chi connectivity index (χ0n) is 12.7. The summed E-state index contributed by atoms with van der Waals surface area (Å²) in [6.07, 6.45) is 4.16. The maximum absolute atomic E-state index is 12.4. The lowest BCUT2D eigenvalue weighted by molar-refractivity contribution is 0.527. The Morgan fingerprint density at radius 2 is 1.85 bits per heavy atom. The fraction of sp³-hybridized carbons (Fsp3) is 0.600. The lowest BCUT2D eigenvalue weighted by Crippen LogP contribution is -2.33. The third kappa shape index (κ3) is 4.76. The summed E-state index contributed by atoms with van der Waals surface area (Å²) in [7, 11) is -3.48. The SMILES string of the molecule is CCCCCC(C)NS(=O)(=O)c1cc(C)c(Cl)cc1C. The molecule has 0 fully saturated rings. The third-order valence-electron chi connectivity index (χ3n) is 3.34. The largest absolute Gasteiger partial charge is 0.241 e. The van der Waals surface area contributed by atoms with Crippen molar-refractivity contribution in [3.63, 3.8) is 0 Å². The molecule has 1 unspecified atom stereocenters. The van der Waals surface area contributed by atoms with Gasteiger partial charge in [-0.05, 0) is 50.5 Å². The second-order valence-corrected chi connectivity index (χ2v) is 7.47. The number of benzene rings is 1. The van der Waals surface area contributed by atoms with Crippen molar-refractivity contribution in [1.82, 2.24) is 4.72 Å². The molecule has 0 heterocycles. The molecule has 0 spiro atoms. The number of halogens is 1. The first-order valence-electron chi connectivity index (χ1n) is 7.07. The van der Waals surface area contributed by atoms with Gasteiger partial charge in [-0.15, -0.1) is 0 Å². The maximum atomic E-state index is 12.4. The molecule has 5 heteroatoms. The first kappa shape index (κ1) is 17.5. The Labute approximate surface area is 127 Å². The van der Waals surface area contributed by atoms with E-state index in [-0.39, 0.29) is 6.04 Å². The fourth-order valence-electron chi connectivity index (χ4n) is 2.13. The van der Waals surface area contributed by atoms with Gasteiger partial charge in [0.1, 0.15) is 0 Å². The molecule has 0 saturated carbocycles. The van der Waals surface area contributed by atoms with Gasteiger partial charge in [0, 0.05) is 11.1 Å². The van der Waals surface area contributed by atoms with E-state index in [4.69, 9.17) is 11.6 Å². The number of unbranched alkanes of at least 4 members (excludes halogenated alkanes) is 2. The molecule has 20 heavy (non-hydrogen) atoms. The first-order chi connectivity index (χ1) is 9.27. The normalized spacial score (nSPS) is 13.4. The minimum atomic E-state index is -3.48. The van der Waals surface area contributed by atoms with Gasteiger partial charge in [0.15, 0.2) is 0 Å². The van der Waals surface area contributed by atoms with Crippen molar-refractivity contribution in [2.45, 2.75) is 64.3 Å². The van der Waals surface area contributed by atoms with Crippen LogP contribution in [-0.2, 0) is 10.0 Å². The summed E-state index contributed by atoms with van der Waals surface area (Å²) in [5.74, 6) is 0. The Morgan fingerprint density at radius 3 is 2.45 bits per heavy atom. The Morgan fingerprint density at radius 1 is 1.20 bits per heavy atom. The molecule has 0 saturated heterocycles. The van der Waals surface area contributed by atoms with Gasteiger partial charge in [0.2, 0.25) is 10.0 Å². The summed E-state index contributed by atoms with van der Waals surface area (Å²) in [6.45, 7) is 7.62. The van der Waals surface area contributed by atoms with Crippen molar-refractivity contribution in [2.24, 2.45) is 0 Å². The van der Waals surface area contributed by atoms with Gasteiger partial charge in [0.25, 0.3) is 0 Å². The van der Waals surface area contributed by atoms with E-state index in [9.17, 15) is 8.42 Å². The van der Waals surface area contributed by atoms with Crippen LogP contribution in [0.1, 0.15) is 50.7 Å². The highest BCUT2D eigenvalue weighted by atomic mass is 35.5. The third-order valence-corrected chi connectivity index (χ3v) is 5.48. The van der Waals surface area contributed by atoms with Crippen LogP contribution in [0.4, 0.5) is 0 Å². The number of hydrogen-bond donors (Lipinski definition) is 1. The van der Waals surface area contributed by atoms with Gasteiger partial charge in [-0.3, -0.25) is 0 Å². The van der Waals surface area contributed by atoms with Crippen molar-refractivity contribution < 1.29 is 8.42 Å². The molecular weight excluding hydrogens is 294 g/mol. The number of sulfonamides is 1. The number of nitrogens with one attached hydrogen (secondary N) is 1. The van der Waals surface area contributed by atoms with Gasteiger partial charge in [-0.1, -0.05) is 37.8 Å². The molecule has 0 radical (unpaired) electrons. The molecule has 1 rings (SSSR count). The Kier molecular flexibility index (Phi) is 6.49. The molecule has 1 aromatic carbocycles. The van der Waals surface area contributed by atoms with Gasteiger partial charge in [-0.2, -0.15) is 0 Å². The standard InChI is InChI=1S/C15H24ClNO2S/c1-5-6-7-8-13(4)17-20(18,19)15-10-11(2)14(16)9-12(15)3/h9-10,13,17H,5-8H2,1-4H3. The van der Waals surface area contributed by atoms with Crippen LogP contribution in [0, 0.1) is 13.8 Å². The number of rotatable bonds is 7. The van der Waals surface area contributed by atoms with Crippen molar-refractivity contribution in [3.8, 4) is 0 Å². The minimum Gasteiger partial charge on any atom is -0.208 e. The highest BCUT2D eigenvalue weighted by Gasteiger charge is 2.20. The van der Waals surface area contributed by atoms with E-state index in [1.165, 1.54) is 0 Å². The lowest BCUT2D eigenvalue weighted by atomic mass is 10.1. The highest BCUT2D eigenvalue weighted by molar-refractivity contribution is 7.89. The van der Waals surface area contributed by atoms with Crippen molar-refractivity contribution in [1.29, 1.82) is 0 Å². The van der Waals surface area contributed by atoms with Crippen LogP contribution >= 0.6 is 11.6 Å². The molecule has 0 aliphatic heterocycles. The Balaban J connectivity index is 2.86. The van der Waals surface area contributed by atoms with Crippen LogP contribution in [0.3, 0.4) is 0 Å². The monoisotopic (exact) mass is 317 g/mol. The molecule has 3 nitrogen and oxygen atoms in total. The van der Waals surface area contributed by atoms with Crippen LogP contribution in [0.5, 0.6) is 0 Å². The van der Waals surface area contributed by atoms with Gasteiger partial charge in [-0.25, -0.2) is 13.1 Å². The van der Waals surface area contributed by atoms with Gasteiger partial charge in [0.05, 0.1) is 4.90 Å². The van der Waals surface area contributed by atoms with E-state index in [0.717, 1.165) is 31.2 Å². The van der Waals surface area contributed by atoms with Crippen LogP contribution in [0.25, 0.3) is 0 Å². The number of aryl methyl sites for hydroxylation is 2. The summed E-state index contributed by atoms with van der Waals surface area (Å²) in [5.41, 5.74) is 1.45. The quantitative estimate of drug-likeness (QED) is 0.766. The average molecular weight is 318 g/mol. The zero-order valence-corrected chi connectivity index (χ0v) is 14.2. The van der Waals surface area contributed by atoms with E-state index in [2.05, 4.69) is 11.6 Å². The Bertz CT molecular complexity index is 555. The topological polar surface area (TPSA) is 46.2 Å². The second kappa shape index (κ2) is 7.43. The molecule has 0 bridgehead atoms. The second-order valence-electron chi connectivity index (χ2n) is 5.39. The van der Waals surface area contributed by atoms with Gasteiger partial charge >= 0.3 is 0 Å². The van der Waals surface area contributed by atoms with Crippen LogP contribution in [0.15, 0.2) is 17.0 Å². The van der Waals surface area contributed by atoms with E-state index < -0.39 is 10.0 Å². The molecule has 1 aromatic rings. The van der Waals surface area contributed by atoms with Crippen molar-refractivity contribution in [2.75, 3.05) is 0 Å². The van der Waals surface area contributed by atoms with Crippen molar-refractivity contribution >= 4 is 21.6 Å². The van der Waals surface area contributed by atoms with Gasteiger partial charge < -0.3 is 0 Å². The molecule has 0 amide bonds. The van der Waals surface area contributed by atoms with E-state index in [1.807, 2.05) is 13.8 Å². The van der Waals surface area contributed by atoms with Crippen LogP contribution in [0.2, 0.25) is 5.02 Å². The summed E-state index contributed by atoms with van der Waals surface area (Å²) >= 11 is 6.01. The van der Waals surface area contributed by atoms with Crippen LogP contribution in [-0.4, -0.2) is 14.5 Å². The predicted molar refractivity (Wildman–Crippen MR) is 84.9 cm³/mol. The highest BCUT2D eigenvalue weighted by Crippen LogP contribution is 2.24. The minimum absolute atomic E-state index is 0.0538. The van der Waals surface area contributed by atoms with E-state index in [1.54, 1.807) is 19.1 Å². The van der Waals surface area contributed by atoms with E-state index in [0.29, 0.717) is 15.5 Å². The molecule has 0 aromatic heterocycles. The molecule has 1 atom stereocenters. The van der Waals surface area contributed by atoms with Crippen molar-refractivity contribution in [3.05, 3.63) is 28.3 Å². The predicted octanol–water partition coefficient (Wildman–Crippen LogP) is 4.20. The molecule has 0 aliphatic carbocycles. The molecule has 114 valence electrons. The molecular formula is C15H24ClNO2S. The van der Waals surface area contributed by atoms with E-state index >= 15 is 0 Å². The average Bonchev–Trinajstić information content (AvgIpc) is 2.33.